The first-order valence-corrected chi connectivity index (χ1v) is 7.03. The van der Waals surface area contributed by atoms with Gasteiger partial charge in [-0.1, -0.05) is 23.7 Å². The molecule has 3 rings (SSSR count). The summed E-state index contributed by atoms with van der Waals surface area (Å²) in [4.78, 5) is 1.99. The highest BCUT2D eigenvalue weighted by Crippen LogP contribution is 2.31. The first-order valence-electron chi connectivity index (χ1n) is 6.66. The molecule has 108 valence electrons. The van der Waals surface area contributed by atoms with Crippen molar-refractivity contribution in [2.75, 3.05) is 23.7 Å². The van der Waals surface area contributed by atoms with Crippen LogP contribution in [-0.2, 0) is 0 Å². The molecular weight excluding hydrogens is 288 g/mol. The third-order valence-corrected chi connectivity index (χ3v) is 3.94. The van der Waals surface area contributed by atoms with E-state index >= 15 is 0 Å². The monoisotopic (exact) mass is 302 g/mol. The van der Waals surface area contributed by atoms with Gasteiger partial charge in [-0.15, -0.1) is 5.10 Å². The first-order chi connectivity index (χ1) is 10.1. The molecule has 1 aliphatic heterocycles. The van der Waals surface area contributed by atoms with E-state index in [-0.39, 0.29) is 6.04 Å². The Morgan fingerprint density at radius 2 is 2.14 bits per heavy atom. The molecule has 4 N–H and O–H groups in total. The lowest BCUT2D eigenvalue weighted by atomic mass is 10.3. The Labute approximate surface area is 127 Å². The SMILES string of the molecule is N#Cc1c(N2CCC(N)C2)nn(-c2ccccc2Cl)c1N. The van der Waals surface area contributed by atoms with Crippen LogP contribution in [0.3, 0.4) is 0 Å². The van der Waals surface area contributed by atoms with Gasteiger partial charge in [0.25, 0.3) is 0 Å². The maximum Gasteiger partial charge on any atom is 0.171 e. The lowest BCUT2D eigenvalue weighted by Crippen LogP contribution is -2.27. The molecule has 2 aromatic rings. The summed E-state index contributed by atoms with van der Waals surface area (Å²) in [6, 6.07) is 9.48. The van der Waals surface area contributed by atoms with Crippen molar-refractivity contribution >= 4 is 23.2 Å². The lowest BCUT2D eigenvalue weighted by molar-refractivity contribution is 0.750. The molecule has 1 saturated heterocycles. The molecule has 1 aromatic carbocycles. The van der Waals surface area contributed by atoms with Crippen molar-refractivity contribution in [3.63, 3.8) is 0 Å². The summed E-state index contributed by atoms with van der Waals surface area (Å²) < 4.78 is 1.51. The number of anilines is 2. The predicted octanol–water partition coefficient (Wildman–Crippen LogP) is 1.52. The summed E-state index contributed by atoms with van der Waals surface area (Å²) in [5, 5.41) is 14.4. The normalized spacial score (nSPS) is 18.0. The van der Waals surface area contributed by atoms with E-state index in [0.717, 1.165) is 13.0 Å². The van der Waals surface area contributed by atoms with Gasteiger partial charge in [-0.2, -0.15) is 5.26 Å². The fraction of sp³-hybridized carbons (Fsp3) is 0.286. The van der Waals surface area contributed by atoms with E-state index in [9.17, 15) is 5.26 Å². The molecule has 7 heteroatoms. The Morgan fingerprint density at radius 3 is 2.76 bits per heavy atom. The maximum atomic E-state index is 9.38. The third kappa shape index (κ3) is 2.31. The number of para-hydroxylation sites is 1. The molecule has 0 amide bonds. The van der Waals surface area contributed by atoms with Crippen LogP contribution < -0.4 is 16.4 Å². The van der Waals surface area contributed by atoms with Gasteiger partial charge in [0.1, 0.15) is 17.5 Å². The van der Waals surface area contributed by atoms with Crippen molar-refractivity contribution in [3.05, 3.63) is 34.9 Å². The van der Waals surface area contributed by atoms with Crippen molar-refractivity contribution in [2.45, 2.75) is 12.5 Å². The molecule has 1 aromatic heterocycles. The number of halogens is 1. The van der Waals surface area contributed by atoms with E-state index in [1.807, 2.05) is 23.1 Å². The number of hydrogen-bond donors (Lipinski definition) is 2. The number of rotatable bonds is 2. The molecule has 1 atom stereocenters. The summed E-state index contributed by atoms with van der Waals surface area (Å²) >= 11 is 6.19. The van der Waals surface area contributed by atoms with Crippen LogP contribution in [-0.4, -0.2) is 28.9 Å². The van der Waals surface area contributed by atoms with E-state index in [2.05, 4.69) is 11.2 Å². The minimum absolute atomic E-state index is 0.100. The molecule has 0 spiro atoms. The first kappa shape index (κ1) is 13.7. The van der Waals surface area contributed by atoms with Crippen LogP contribution in [0.2, 0.25) is 5.02 Å². The van der Waals surface area contributed by atoms with E-state index in [1.165, 1.54) is 4.68 Å². The van der Waals surface area contributed by atoms with Gasteiger partial charge >= 0.3 is 0 Å². The van der Waals surface area contributed by atoms with Gasteiger partial charge < -0.3 is 16.4 Å². The summed E-state index contributed by atoms with van der Waals surface area (Å²) in [6.45, 7) is 1.45. The third-order valence-electron chi connectivity index (χ3n) is 3.62. The maximum absolute atomic E-state index is 9.38. The summed E-state index contributed by atoms with van der Waals surface area (Å²) in [5.41, 5.74) is 13.0. The largest absolute Gasteiger partial charge is 0.382 e. The van der Waals surface area contributed by atoms with Gasteiger partial charge in [0, 0.05) is 19.1 Å². The Balaban J connectivity index is 2.10. The van der Waals surface area contributed by atoms with Crippen LogP contribution in [0.4, 0.5) is 11.6 Å². The van der Waals surface area contributed by atoms with Crippen LogP contribution in [0.25, 0.3) is 5.69 Å². The number of benzene rings is 1. The van der Waals surface area contributed by atoms with Gasteiger partial charge in [-0.25, -0.2) is 4.68 Å². The molecule has 0 radical (unpaired) electrons. The van der Waals surface area contributed by atoms with Gasteiger partial charge in [0.15, 0.2) is 5.82 Å². The lowest BCUT2D eigenvalue weighted by Gasteiger charge is -2.14. The Kier molecular flexibility index (Phi) is 3.45. The number of nitrogens with two attached hydrogens (primary N) is 2. The Bertz CT molecular complexity index is 717. The predicted molar refractivity (Wildman–Crippen MR) is 82.5 cm³/mol. The number of nitriles is 1. The molecule has 1 unspecified atom stereocenters. The number of nitrogen functional groups attached to an aromatic ring is 1. The van der Waals surface area contributed by atoms with Crippen LogP contribution in [0.1, 0.15) is 12.0 Å². The summed E-state index contributed by atoms with van der Waals surface area (Å²) in [6.07, 6.45) is 0.879. The molecule has 21 heavy (non-hydrogen) atoms. The number of aromatic nitrogens is 2. The number of nitrogens with zero attached hydrogens (tertiary/aromatic N) is 4. The minimum Gasteiger partial charge on any atom is -0.382 e. The van der Waals surface area contributed by atoms with Crippen molar-refractivity contribution in [1.82, 2.24) is 9.78 Å². The van der Waals surface area contributed by atoms with E-state index in [1.54, 1.807) is 6.07 Å². The van der Waals surface area contributed by atoms with Crippen LogP contribution in [0, 0.1) is 11.3 Å². The average Bonchev–Trinajstić information content (AvgIpc) is 3.03. The zero-order valence-corrected chi connectivity index (χ0v) is 12.1. The molecule has 0 bridgehead atoms. The molecule has 6 nitrogen and oxygen atoms in total. The van der Waals surface area contributed by atoms with Crippen molar-refractivity contribution < 1.29 is 0 Å². The highest BCUT2D eigenvalue weighted by molar-refractivity contribution is 6.32. The standard InChI is InChI=1S/C14H15ClN6/c15-11-3-1-2-4-12(11)21-13(18)10(7-16)14(19-21)20-6-5-9(17)8-20/h1-4,9H,5-6,8,17-18H2. The van der Waals surface area contributed by atoms with E-state index in [4.69, 9.17) is 23.1 Å². The van der Waals surface area contributed by atoms with Gasteiger partial charge in [0.2, 0.25) is 0 Å². The van der Waals surface area contributed by atoms with Crippen molar-refractivity contribution in [3.8, 4) is 11.8 Å². The summed E-state index contributed by atoms with van der Waals surface area (Å²) in [5.74, 6) is 0.865. The average molecular weight is 303 g/mol. The number of hydrogen-bond acceptors (Lipinski definition) is 5. The second-order valence-corrected chi connectivity index (χ2v) is 5.46. The smallest absolute Gasteiger partial charge is 0.171 e. The highest BCUT2D eigenvalue weighted by Gasteiger charge is 2.27. The Hall–Kier alpha value is -2.23. The minimum atomic E-state index is 0.100. The molecule has 1 aliphatic rings. The molecule has 0 aliphatic carbocycles. The van der Waals surface area contributed by atoms with E-state index < -0.39 is 0 Å². The van der Waals surface area contributed by atoms with Crippen LogP contribution in [0.5, 0.6) is 0 Å². The quantitative estimate of drug-likeness (QED) is 0.876. The molecule has 1 fully saturated rings. The van der Waals surface area contributed by atoms with Crippen molar-refractivity contribution in [1.29, 1.82) is 5.26 Å². The van der Waals surface area contributed by atoms with Crippen molar-refractivity contribution in [2.24, 2.45) is 5.73 Å². The molecular formula is C14H15ClN6. The van der Waals surface area contributed by atoms with Crippen LogP contribution >= 0.6 is 11.6 Å². The fourth-order valence-electron chi connectivity index (χ4n) is 2.53. The second kappa shape index (κ2) is 5.28. The van der Waals surface area contributed by atoms with Gasteiger partial charge in [0.05, 0.1) is 10.7 Å². The van der Waals surface area contributed by atoms with E-state index in [0.29, 0.717) is 34.5 Å². The second-order valence-electron chi connectivity index (χ2n) is 5.05. The Morgan fingerprint density at radius 1 is 1.38 bits per heavy atom. The summed E-state index contributed by atoms with van der Waals surface area (Å²) in [7, 11) is 0. The van der Waals surface area contributed by atoms with Gasteiger partial charge in [-0.05, 0) is 18.6 Å². The zero-order valence-electron chi connectivity index (χ0n) is 11.3. The fourth-order valence-corrected chi connectivity index (χ4v) is 2.75. The molecule has 2 heterocycles. The van der Waals surface area contributed by atoms with Gasteiger partial charge in [-0.3, -0.25) is 0 Å². The topological polar surface area (TPSA) is 96.9 Å². The highest BCUT2D eigenvalue weighted by atomic mass is 35.5. The molecule has 0 saturated carbocycles. The zero-order chi connectivity index (χ0) is 15.0. The van der Waals surface area contributed by atoms with Crippen LogP contribution in [0.15, 0.2) is 24.3 Å².